The Morgan fingerprint density at radius 3 is 2.64 bits per heavy atom. The quantitative estimate of drug-likeness (QED) is 0.787. The van der Waals surface area contributed by atoms with Crippen LogP contribution >= 0.6 is 0 Å². The Morgan fingerprint density at radius 2 is 1.88 bits per heavy atom. The van der Waals surface area contributed by atoms with Gasteiger partial charge in [-0.3, -0.25) is 4.79 Å². The third kappa shape index (κ3) is 3.14. The second kappa shape index (κ2) is 6.52. The summed E-state index contributed by atoms with van der Waals surface area (Å²) >= 11 is 0. The highest BCUT2D eigenvalue weighted by Gasteiger charge is 2.37. The molecule has 0 saturated carbocycles. The van der Waals surface area contributed by atoms with Gasteiger partial charge in [-0.2, -0.15) is 0 Å². The van der Waals surface area contributed by atoms with E-state index in [0.717, 1.165) is 38.2 Å². The Bertz CT molecular complexity index is 763. The number of para-hydroxylation sites is 1. The molecule has 0 radical (unpaired) electrons. The maximum Gasteiger partial charge on any atom is 0.258 e. The number of amides is 1. The normalized spacial score (nSPS) is 23.1. The summed E-state index contributed by atoms with van der Waals surface area (Å²) in [6.45, 7) is 2.92. The highest BCUT2D eigenvalue weighted by molar-refractivity contribution is 6.06. The molecule has 1 amide bonds. The molecular formula is C21H25N3O. The van der Waals surface area contributed by atoms with Crippen LogP contribution in [0.25, 0.3) is 0 Å². The SMILES string of the molecule is Nc1ccc(C(=O)N2CCC3(CCCNC3)Cc3ccccc32)cc1. The molecule has 3 N–H and O–H groups in total. The van der Waals surface area contributed by atoms with Gasteiger partial charge in [-0.15, -0.1) is 0 Å². The van der Waals surface area contributed by atoms with Crippen molar-refractivity contribution in [3.8, 4) is 0 Å². The van der Waals surface area contributed by atoms with Crippen LogP contribution in [0.5, 0.6) is 0 Å². The topological polar surface area (TPSA) is 58.4 Å². The molecule has 1 atom stereocenters. The molecule has 4 rings (SSSR count). The van der Waals surface area contributed by atoms with Crippen molar-refractivity contribution in [2.24, 2.45) is 5.41 Å². The standard InChI is InChI=1S/C21H25N3O/c22-18-8-6-16(7-9-18)20(25)24-13-11-21(10-3-12-23-15-21)14-17-4-1-2-5-19(17)24/h1-2,4-9,23H,3,10-15,22H2. The average Bonchev–Trinajstić information content (AvgIpc) is 2.79. The van der Waals surface area contributed by atoms with E-state index >= 15 is 0 Å². The van der Waals surface area contributed by atoms with E-state index in [-0.39, 0.29) is 11.3 Å². The van der Waals surface area contributed by atoms with Gasteiger partial charge < -0.3 is 16.0 Å². The molecule has 2 aliphatic rings. The Labute approximate surface area is 149 Å². The van der Waals surface area contributed by atoms with E-state index in [4.69, 9.17) is 5.73 Å². The number of nitrogen functional groups attached to an aromatic ring is 1. The van der Waals surface area contributed by atoms with E-state index in [9.17, 15) is 4.79 Å². The molecule has 25 heavy (non-hydrogen) atoms. The smallest absolute Gasteiger partial charge is 0.258 e. The van der Waals surface area contributed by atoms with Crippen molar-refractivity contribution < 1.29 is 4.79 Å². The Kier molecular flexibility index (Phi) is 4.22. The number of nitrogens with two attached hydrogens (primary N) is 1. The van der Waals surface area contributed by atoms with Gasteiger partial charge >= 0.3 is 0 Å². The van der Waals surface area contributed by atoms with Crippen molar-refractivity contribution in [3.63, 3.8) is 0 Å². The van der Waals surface area contributed by atoms with Crippen LogP contribution in [0.4, 0.5) is 11.4 Å². The monoisotopic (exact) mass is 335 g/mol. The largest absolute Gasteiger partial charge is 0.399 e. The Morgan fingerprint density at radius 1 is 1.08 bits per heavy atom. The average molecular weight is 335 g/mol. The Hall–Kier alpha value is -2.33. The first-order valence-electron chi connectivity index (χ1n) is 9.13. The zero-order valence-corrected chi connectivity index (χ0v) is 14.5. The predicted octanol–water partition coefficient (Wildman–Crippen LogP) is 3.23. The van der Waals surface area contributed by atoms with Gasteiger partial charge in [0.2, 0.25) is 0 Å². The van der Waals surface area contributed by atoms with Crippen LogP contribution in [-0.2, 0) is 6.42 Å². The number of fused-ring (bicyclic) bond motifs is 1. The van der Waals surface area contributed by atoms with Gasteiger partial charge in [0.15, 0.2) is 0 Å². The number of hydrogen-bond acceptors (Lipinski definition) is 3. The van der Waals surface area contributed by atoms with Crippen molar-refractivity contribution >= 4 is 17.3 Å². The molecule has 2 aliphatic heterocycles. The van der Waals surface area contributed by atoms with Crippen LogP contribution in [0.15, 0.2) is 48.5 Å². The molecule has 0 bridgehead atoms. The zero-order chi connectivity index (χ0) is 17.3. The van der Waals surface area contributed by atoms with Crippen molar-refractivity contribution in [1.29, 1.82) is 0 Å². The van der Waals surface area contributed by atoms with E-state index in [0.29, 0.717) is 11.3 Å². The maximum atomic E-state index is 13.2. The van der Waals surface area contributed by atoms with Gasteiger partial charge in [-0.25, -0.2) is 0 Å². The number of hydrogen-bond donors (Lipinski definition) is 2. The molecule has 0 aliphatic carbocycles. The number of nitrogens with one attached hydrogen (secondary N) is 1. The van der Waals surface area contributed by atoms with E-state index in [1.54, 1.807) is 12.1 Å². The summed E-state index contributed by atoms with van der Waals surface area (Å²) in [4.78, 5) is 15.1. The fraction of sp³-hybridized carbons (Fsp3) is 0.381. The lowest BCUT2D eigenvalue weighted by molar-refractivity contribution is 0.0982. The van der Waals surface area contributed by atoms with Crippen LogP contribution in [-0.4, -0.2) is 25.5 Å². The number of benzene rings is 2. The van der Waals surface area contributed by atoms with Gasteiger partial charge in [-0.1, -0.05) is 18.2 Å². The number of nitrogens with zero attached hydrogens (tertiary/aromatic N) is 1. The molecule has 2 heterocycles. The van der Waals surface area contributed by atoms with E-state index < -0.39 is 0 Å². The Balaban J connectivity index is 1.69. The summed E-state index contributed by atoms with van der Waals surface area (Å²) in [5.41, 5.74) is 9.76. The maximum absolute atomic E-state index is 13.2. The van der Waals surface area contributed by atoms with Gasteiger partial charge in [0, 0.05) is 30.0 Å². The van der Waals surface area contributed by atoms with Crippen LogP contribution in [0.1, 0.15) is 35.2 Å². The number of anilines is 2. The lowest BCUT2D eigenvalue weighted by Crippen LogP contribution is -2.42. The molecule has 1 unspecified atom stereocenters. The third-order valence-electron chi connectivity index (χ3n) is 5.68. The molecule has 4 nitrogen and oxygen atoms in total. The van der Waals surface area contributed by atoms with Crippen molar-refractivity contribution in [2.45, 2.75) is 25.7 Å². The van der Waals surface area contributed by atoms with E-state index in [1.807, 2.05) is 23.1 Å². The lowest BCUT2D eigenvalue weighted by atomic mass is 9.74. The molecule has 0 aromatic heterocycles. The number of piperidine rings is 1. The van der Waals surface area contributed by atoms with Gasteiger partial charge in [0.05, 0.1) is 0 Å². The second-order valence-electron chi connectivity index (χ2n) is 7.41. The summed E-state index contributed by atoms with van der Waals surface area (Å²) in [5, 5.41) is 3.57. The zero-order valence-electron chi connectivity index (χ0n) is 14.5. The molecule has 2 aromatic rings. The highest BCUT2D eigenvalue weighted by Crippen LogP contribution is 2.40. The van der Waals surface area contributed by atoms with Crippen molar-refractivity contribution in [1.82, 2.24) is 5.32 Å². The molecular weight excluding hydrogens is 310 g/mol. The van der Waals surface area contributed by atoms with Crippen LogP contribution in [0.3, 0.4) is 0 Å². The highest BCUT2D eigenvalue weighted by atomic mass is 16.2. The first-order chi connectivity index (χ1) is 12.2. The minimum Gasteiger partial charge on any atom is -0.399 e. The lowest BCUT2D eigenvalue weighted by Gasteiger charge is -2.37. The number of carbonyl (C=O) groups excluding carboxylic acids is 1. The summed E-state index contributed by atoms with van der Waals surface area (Å²) in [6, 6.07) is 15.6. The molecule has 130 valence electrons. The van der Waals surface area contributed by atoms with Gasteiger partial charge in [0.25, 0.3) is 5.91 Å². The summed E-state index contributed by atoms with van der Waals surface area (Å²) in [7, 11) is 0. The van der Waals surface area contributed by atoms with Crippen LogP contribution < -0.4 is 16.0 Å². The van der Waals surface area contributed by atoms with Crippen LogP contribution in [0, 0.1) is 5.41 Å². The fourth-order valence-corrected chi connectivity index (χ4v) is 4.27. The molecule has 1 saturated heterocycles. The minimum atomic E-state index is 0.0632. The molecule has 1 fully saturated rings. The molecule has 2 aromatic carbocycles. The minimum absolute atomic E-state index is 0.0632. The van der Waals surface area contributed by atoms with Gasteiger partial charge in [0.1, 0.15) is 0 Å². The first-order valence-corrected chi connectivity index (χ1v) is 9.13. The van der Waals surface area contributed by atoms with Crippen molar-refractivity contribution in [3.05, 3.63) is 59.7 Å². The number of carbonyl (C=O) groups is 1. The summed E-state index contributed by atoms with van der Waals surface area (Å²) in [5.74, 6) is 0.0632. The summed E-state index contributed by atoms with van der Waals surface area (Å²) in [6.07, 6.45) is 4.53. The number of rotatable bonds is 1. The molecule has 4 heteroatoms. The van der Waals surface area contributed by atoms with Crippen molar-refractivity contribution in [2.75, 3.05) is 30.3 Å². The first kappa shape index (κ1) is 16.2. The fourth-order valence-electron chi connectivity index (χ4n) is 4.27. The van der Waals surface area contributed by atoms with Gasteiger partial charge in [-0.05, 0) is 73.5 Å². The third-order valence-corrected chi connectivity index (χ3v) is 5.68. The van der Waals surface area contributed by atoms with E-state index in [1.165, 1.54) is 18.4 Å². The summed E-state index contributed by atoms with van der Waals surface area (Å²) < 4.78 is 0. The second-order valence-corrected chi connectivity index (χ2v) is 7.41. The van der Waals surface area contributed by atoms with Crippen LogP contribution in [0.2, 0.25) is 0 Å². The predicted molar refractivity (Wildman–Crippen MR) is 102 cm³/mol. The molecule has 1 spiro atoms. The van der Waals surface area contributed by atoms with E-state index in [2.05, 4.69) is 23.5 Å².